The van der Waals surface area contributed by atoms with Crippen LogP contribution in [-0.4, -0.2) is 63.4 Å². The van der Waals surface area contributed by atoms with Crippen LogP contribution in [-0.2, 0) is 19.7 Å². The molecule has 0 spiro atoms. The van der Waals surface area contributed by atoms with Gasteiger partial charge in [0.25, 0.3) is 10.2 Å². The van der Waals surface area contributed by atoms with Gasteiger partial charge in [0.1, 0.15) is 6.04 Å². The average molecular weight is 413 g/mol. The van der Waals surface area contributed by atoms with E-state index in [1.807, 2.05) is 44.2 Å². The summed E-state index contributed by atoms with van der Waals surface area (Å²) in [6, 6.07) is 8.70. The zero-order chi connectivity index (χ0) is 20.6. The number of hydrogen-bond acceptors (Lipinski definition) is 7. The maximum atomic E-state index is 12.9. The fraction of sp³-hybridized carbons (Fsp3) is 0.556. The molecule has 9 nitrogen and oxygen atoms in total. The molecule has 1 aromatic carbocycles. The van der Waals surface area contributed by atoms with E-state index in [1.165, 1.54) is 18.5 Å². The number of rotatable bonds is 12. The van der Waals surface area contributed by atoms with E-state index < -0.39 is 16.3 Å². The number of benzene rings is 1. The van der Waals surface area contributed by atoms with Crippen molar-refractivity contribution in [2.45, 2.75) is 19.9 Å². The number of hydrogen-bond donors (Lipinski definition) is 1. The standard InChI is InChI=1S/C18H28N4O5S/c1-14(2)16(18-19-17(20-27-18)15-8-6-5-7-9-15)21-28(23,24)22(10-12-25-3)11-13-26-4/h5-9,14,16,21H,10-13H2,1-4H3. The minimum absolute atomic E-state index is 0.106. The Morgan fingerprint density at radius 2 is 1.71 bits per heavy atom. The van der Waals surface area contributed by atoms with Gasteiger partial charge in [-0.25, -0.2) is 0 Å². The van der Waals surface area contributed by atoms with Crippen LogP contribution < -0.4 is 4.72 Å². The third kappa shape index (κ3) is 6.08. The van der Waals surface area contributed by atoms with Gasteiger partial charge in [-0.05, 0) is 5.92 Å². The molecule has 1 atom stereocenters. The number of nitrogens with one attached hydrogen (secondary N) is 1. The van der Waals surface area contributed by atoms with Crippen LogP contribution in [0.4, 0.5) is 0 Å². The molecule has 156 valence electrons. The summed E-state index contributed by atoms with van der Waals surface area (Å²) in [7, 11) is -0.773. The second kappa shape index (κ2) is 10.6. The Labute approximate surface area is 166 Å². The van der Waals surface area contributed by atoms with Crippen LogP contribution in [0.5, 0.6) is 0 Å². The smallest absolute Gasteiger partial charge is 0.280 e. The van der Waals surface area contributed by atoms with Crippen LogP contribution in [0.2, 0.25) is 0 Å². The van der Waals surface area contributed by atoms with Gasteiger partial charge in [0.15, 0.2) is 0 Å². The minimum atomic E-state index is -3.82. The first-order valence-corrected chi connectivity index (χ1v) is 10.5. The summed E-state index contributed by atoms with van der Waals surface area (Å²) in [5, 5.41) is 3.99. The molecule has 0 amide bonds. The van der Waals surface area contributed by atoms with E-state index in [0.29, 0.717) is 5.82 Å². The molecule has 2 rings (SSSR count). The molecular formula is C18H28N4O5S. The van der Waals surface area contributed by atoms with Crippen molar-refractivity contribution in [1.29, 1.82) is 0 Å². The molecule has 0 radical (unpaired) electrons. The molecule has 0 aliphatic heterocycles. The maximum Gasteiger partial charge on any atom is 0.280 e. The second-order valence-electron chi connectivity index (χ2n) is 6.55. The summed E-state index contributed by atoms with van der Waals surface area (Å²) < 4.78 is 45.2. The second-order valence-corrected chi connectivity index (χ2v) is 8.25. The molecule has 0 aliphatic rings. The van der Waals surface area contributed by atoms with Crippen molar-refractivity contribution in [3.8, 4) is 11.4 Å². The molecule has 1 N–H and O–H groups in total. The molecule has 2 aromatic rings. The van der Waals surface area contributed by atoms with Gasteiger partial charge in [0, 0.05) is 32.9 Å². The van der Waals surface area contributed by atoms with E-state index in [2.05, 4.69) is 14.9 Å². The van der Waals surface area contributed by atoms with Gasteiger partial charge < -0.3 is 14.0 Å². The molecule has 0 fully saturated rings. The Hall–Kier alpha value is -1.85. The first-order chi connectivity index (χ1) is 13.4. The lowest BCUT2D eigenvalue weighted by atomic mass is 10.1. The highest BCUT2D eigenvalue weighted by Gasteiger charge is 2.31. The van der Waals surface area contributed by atoms with Crippen LogP contribution in [0.3, 0.4) is 0 Å². The van der Waals surface area contributed by atoms with Gasteiger partial charge in [-0.3, -0.25) is 0 Å². The van der Waals surface area contributed by atoms with Crippen molar-refractivity contribution >= 4 is 10.2 Å². The molecule has 28 heavy (non-hydrogen) atoms. The molecular weight excluding hydrogens is 384 g/mol. The lowest BCUT2D eigenvalue weighted by Gasteiger charge is -2.25. The van der Waals surface area contributed by atoms with Crippen LogP contribution in [0, 0.1) is 5.92 Å². The predicted molar refractivity (Wildman–Crippen MR) is 105 cm³/mol. The van der Waals surface area contributed by atoms with E-state index in [4.69, 9.17) is 14.0 Å². The predicted octanol–water partition coefficient (Wildman–Crippen LogP) is 1.86. The summed E-state index contributed by atoms with van der Waals surface area (Å²) in [5.41, 5.74) is 0.796. The number of aromatic nitrogens is 2. The molecule has 10 heteroatoms. The van der Waals surface area contributed by atoms with Gasteiger partial charge in [-0.15, -0.1) is 0 Å². The Kier molecular flexibility index (Phi) is 8.52. The lowest BCUT2D eigenvalue weighted by Crippen LogP contribution is -2.46. The molecule has 0 aliphatic carbocycles. The highest BCUT2D eigenvalue weighted by atomic mass is 32.2. The lowest BCUT2D eigenvalue weighted by molar-refractivity contribution is 0.149. The van der Waals surface area contributed by atoms with Crippen LogP contribution >= 0.6 is 0 Å². The molecule has 1 unspecified atom stereocenters. The topological polar surface area (TPSA) is 107 Å². The Balaban J connectivity index is 2.22. The Bertz CT molecular complexity index is 802. The van der Waals surface area contributed by atoms with Crippen LogP contribution in [0.1, 0.15) is 25.8 Å². The highest BCUT2D eigenvalue weighted by Crippen LogP contribution is 2.24. The summed E-state index contributed by atoms with van der Waals surface area (Å²) >= 11 is 0. The summed E-state index contributed by atoms with van der Waals surface area (Å²) in [4.78, 5) is 4.40. The zero-order valence-corrected chi connectivity index (χ0v) is 17.5. The van der Waals surface area contributed by atoms with Crippen molar-refractivity contribution in [3.63, 3.8) is 0 Å². The Morgan fingerprint density at radius 3 is 2.25 bits per heavy atom. The van der Waals surface area contributed by atoms with Gasteiger partial charge in [0.05, 0.1) is 13.2 Å². The third-order valence-electron chi connectivity index (χ3n) is 4.11. The van der Waals surface area contributed by atoms with Gasteiger partial charge in [-0.1, -0.05) is 49.3 Å². The molecule has 0 saturated heterocycles. The summed E-state index contributed by atoms with van der Waals surface area (Å²) in [6.45, 7) is 4.73. The largest absolute Gasteiger partial charge is 0.383 e. The fourth-order valence-corrected chi connectivity index (χ4v) is 3.98. The summed E-state index contributed by atoms with van der Waals surface area (Å²) in [5.74, 6) is 0.525. The highest BCUT2D eigenvalue weighted by molar-refractivity contribution is 7.87. The SMILES string of the molecule is COCCN(CCOC)S(=O)(=O)NC(c1nc(-c2ccccc2)no1)C(C)C. The van der Waals surface area contributed by atoms with Crippen molar-refractivity contribution in [2.75, 3.05) is 40.5 Å². The maximum absolute atomic E-state index is 12.9. The number of ether oxygens (including phenoxy) is 2. The van der Waals surface area contributed by atoms with E-state index in [-0.39, 0.29) is 38.1 Å². The average Bonchev–Trinajstić information content (AvgIpc) is 3.16. The van der Waals surface area contributed by atoms with Gasteiger partial charge in [0.2, 0.25) is 11.7 Å². The van der Waals surface area contributed by atoms with E-state index in [0.717, 1.165) is 5.56 Å². The molecule has 0 saturated carbocycles. The normalized spacial score (nSPS) is 13.4. The summed E-state index contributed by atoms with van der Waals surface area (Å²) in [6.07, 6.45) is 0. The monoisotopic (exact) mass is 412 g/mol. The van der Waals surface area contributed by atoms with E-state index in [9.17, 15) is 8.42 Å². The zero-order valence-electron chi connectivity index (χ0n) is 16.7. The Morgan fingerprint density at radius 1 is 1.11 bits per heavy atom. The van der Waals surface area contributed by atoms with E-state index >= 15 is 0 Å². The van der Waals surface area contributed by atoms with Crippen LogP contribution in [0.15, 0.2) is 34.9 Å². The number of nitrogens with zero attached hydrogens (tertiary/aromatic N) is 3. The first-order valence-electron chi connectivity index (χ1n) is 9.03. The molecule has 1 heterocycles. The number of methoxy groups -OCH3 is 2. The quantitative estimate of drug-likeness (QED) is 0.567. The minimum Gasteiger partial charge on any atom is -0.383 e. The van der Waals surface area contributed by atoms with Crippen molar-refractivity contribution < 1.29 is 22.4 Å². The molecule has 0 bridgehead atoms. The van der Waals surface area contributed by atoms with Crippen molar-refractivity contribution in [1.82, 2.24) is 19.2 Å². The van der Waals surface area contributed by atoms with Crippen LogP contribution in [0.25, 0.3) is 11.4 Å². The first kappa shape index (κ1) is 22.4. The van der Waals surface area contributed by atoms with Gasteiger partial charge >= 0.3 is 0 Å². The van der Waals surface area contributed by atoms with Crippen molar-refractivity contribution in [2.24, 2.45) is 5.92 Å². The third-order valence-corrected chi connectivity index (χ3v) is 5.71. The fourth-order valence-electron chi connectivity index (χ4n) is 2.51. The van der Waals surface area contributed by atoms with Gasteiger partial charge in [-0.2, -0.15) is 22.4 Å². The van der Waals surface area contributed by atoms with E-state index in [1.54, 1.807) is 0 Å². The van der Waals surface area contributed by atoms with Crippen molar-refractivity contribution in [3.05, 3.63) is 36.2 Å². The molecule has 1 aromatic heterocycles.